The fraction of sp³-hybridized carbons (Fsp3) is 0.500. The van der Waals surface area contributed by atoms with Crippen molar-refractivity contribution in [2.24, 2.45) is 0 Å². The van der Waals surface area contributed by atoms with Crippen molar-refractivity contribution in [1.29, 1.82) is 0 Å². The van der Waals surface area contributed by atoms with E-state index in [-0.39, 0.29) is 18.7 Å². The van der Waals surface area contributed by atoms with Crippen molar-refractivity contribution in [3.63, 3.8) is 0 Å². The summed E-state index contributed by atoms with van der Waals surface area (Å²) in [5.74, 6) is 0.918. The number of rotatable bonds is 2. The molecule has 0 aliphatic carbocycles. The molecule has 1 amide bonds. The molecule has 1 aromatic rings. The second-order valence-corrected chi connectivity index (χ2v) is 5.22. The summed E-state index contributed by atoms with van der Waals surface area (Å²) in [7, 11) is 0. The van der Waals surface area contributed by atoms with Crippen molar-refractivity contribution in [3.8, 4) is 5.75 Å². The fourth-order valence-corrected chi connectivity index (χ4v) is 2.71. The Hall–Kier alpha value is -1.79. The number of ether oxygens (including phenoxy) is 2. The van der Waals surface area contributed by atoms with E-state index >= 15 is 0 Å². The smallest absolute Gasteiger partial charge is 0.237 e. The van der Waals surface area contributed by atoms with Crippen LogP contribution in [0.1, 0.15) is 18.1 Å². The van der Waals surface area contributed by atoms with Gasteiger partial charge in [-0.2, -0.15) is 0 Å². The topological polar surface area (TPSA) is 76.8 Å². The molecule has 0 bridgehead atoms. The largest absolute Gasteiger partial charge is 0.467 e. The summed E-state index contributed by atoms with van der Waals surface area (Å²) >= 11 is 0. The third kappa shape index (κ3) is 2.44. The summed E-state index contributed by atoms with van der Waals surface area (Å²) in [5.41, 5.74) is 8.63. The van der Waals surface area contributed by atoms with E-state index in [4.69, 9.17) is 15.2 Å². The molecule has 2 heterocycles. The first kappa shape index (κ1) is 13.2. The van der Waals surface area contributed by atoms with Gasteiger partial charge in [0.25, 0.3) is 0 Å². The molecular weight excluding hydrogens is 258 g/mol. The van der Waals surface area contributed by atoms with Gasteiger partial charge in [-0.25, -0.2) is 0 Å². The first-order valence-electron chi connectivity index (χ1n) is 6.78. The number of nitrogens with zero attached hydrogens (tertiary/aromatic N) is 1. The summed E-state index contributed by atoms with van der Waals surface area (Å²) in [6.07, 6.45) is 0. The van der Waals surface area contributed by atoms with Gasteiger partial charge >= 0.3 is 0 Å². The van der Waals surface area contributed by atoms with Crippen LogP contribution in [0.25, 0.3) is 0 Å². The third-order valence-electron chi connectivity index (χ3n) is 3.81. The predicted octanol–water partition coefficient (Wildman–Crippen LogP) is 0.456. The molecule has 1 fully saturated rings. The highest BCUT2D eigenvalue weighted by atomic mass is 16.7. The molecule has 2 aliphatic heterocycles. The number of hydrogen-bond acceptors (Lipinski definition) is 5. The van der Waals surface area contributed by atoms with Crippen LogP contribution in [-0.2, 0) is 22.7 Å². The first-order chi connectivity index (χ1) is 9.65. The van der Waals surface area contributed by atoms with E-state index in [2.05, 4.69) is 10.2 Å². The normalized spacial score (nSPS) is 22.9. The van der Waals surface area contributed by atoms with Crippen molar-refractivity contribution in [2.45, 2.75) is 26.1 Å². The van der Waals surface area contributed by atoms with E-state index in [0.717, 1.165) is 23.4 Å². The molecule has 3 N–H and O–H groups in total. The Labute approximate surface area is 117 Å². The molecule has 6 nitrogen and oxygen atoms in total. The second kappa shape index (κ2) is 5.30. The number of hydrogen-bond donors (Lipinski definition) is 2. The first-order valence-corrected chi connectivity index (χ1v) is 6.78. The number of anilines is 1. The van der Waals surface area contributed by atoms with Crippen LogP contribution in [0.15, 0.2) is 12.1 Å². The Bertz CT molecular complexity index is 533. The molecule has 6 heteroatoms. The summed E-state index contributed by atoms with van der Waals surface area (Å²) < 4.78 is 10.9. The number of carbonyl (C=O) groups excluding carboxylic acids is 1. The number of nitrogens with one attached hydrogen (secondary N) is 1. The number of nitrogen functional groups attached to an aromatic ring is 1. The molecule has 108 valence electrons. The quantitative estimate of drug-likeness (QED) is 0.768. The van der Waals surface area contributed by atoms with Crippen LogP contribution in [0.4, 0.5) is 5.69 Å². The summed E-state index contributed by atoms with van der Waals surface area (Å²) in [4.78, 5) is 13.9. The number of benzene rings is 1. The molecule has 20 heavy (non-hydrogen) atoms. The van der Waals surface area contributed by atoms with Gasteiger partial charge in [0.2, 0.25) is 5.91 Å². The molecule has 2 aliphatic rings. The average molecular weight is 277 g/mol. The number of carbonyl (C=O) groups is 1. The van der Waals surface area contributed by atoms with Crippen molar-refractivity contribution >= 4 is 11.6 Å². The van der Waals surface area contributed by atoms with Gasteiger partial charge in [0.05, 0.1) is 12.6 Å². The molecule has 0 radical (unpaired) electrons. The minimum Gasteiger partial charge on any atom is -0.467 e. The highest BCUT2D eigenvalue weighted by molar-refractivity contribution is 5.82. The molecule has 1 unspecified atom stereocenters. The molecule has 1 atom stereocenters. The zero-order valence-electron chi connectivity index (χ0n) is 11.5. The van der Waals surface area contributed by atoms with Gasteiger partial charge in [-0.3, -0.25) is 9.69 Å². The van der Waals surface area contributed by atoms with Gasteiger partial charge in [0.15, 0.2) is 6.79 Å². The van der Waals surface area contributed by atoms with Gasteiger partial charge in [-0.15, -0.1) is 0 Å². The van der Waals surface area contributed by atoms with E-state index in [9.17, 15) is 4.79 Å². The maximum absolute atomic E-state index is 11.7. The van der Waals surface area contributed by atoms with Crippen LogP contribution in [0.5, 0.6) is 5.75 Å². The number of fused-ring (bicyclic) bond motifs is 1. The molecule has 0 spiro atoms. The van der Waals surface area contributed by atoms with E-state index < -0.39 is 0 Å². The maximum atomic E-state index is 11.7. The predicted molar refractivity (Wildman–Crippen MR) is 74.0 cm³/mol. The van der Waals surface area contributed by atoms with Crippen LogP contribution in [0.2, 0.25) is 0 Å². The Morgan fingerprint density at radius 2 is 2.35 bits per heavy atom. The van der Waals surface area contributed by atoms with Crippen LogP contribution in [0.3, 0.4) is 0 Å². The lowest BCUT2D eigenvalue weighted by molar-refractivity contribution is -0.128. The van der Waals surface area contributed by atoms with Crippen LogP contribution in [-0.4, -0.2) is 36.7 Å². The summed E-state index contributed by atoms with van der Waals surface area (Å²) in [5, 5.41) is 2.86. The maximum Gasteiger partial charge on any atom is 0.237 e. The minimum atomic E-state index is -0.138. The molecule has 0 saturated carbocycles. The monoisotopic (exact) mass is 277 g/mol. The number of amides is 1. The molecule has 1 aromatic carbocycles. The van der Waals surface area contributed by atoms with E-state index in [0.29, 0.717) is 25.4 Å². The summed E-state index contributed by atoms with van der Waals surface area (Å²) in [6, 6.07) is 3.66. The zero-order chi connectivity index (χ0) is 14.1. The van der Waals surface area contributed by atoms with E-state index in [1.165, 1.54) is 0 Å². The Morgan fingerprint density at radius 1 is 1.50 bits per heavy atom. The van der Waals surface area contributed by atoms with Gasteiger partial charge < -0.3 is 20.5 Å². The number of piperazine rings is 1. The lowest BCUT2D eigenvalue weighted by Gasteiger charge is -2.33. The molecule has 3 rings (SSSR count). The summed E-state index contributed by atoms with van der Waals surface area (Å²) in [6.45, 7) is 4.85. The fourth-order valence-electron chi connectivity index (χ4n) is 2.71. The molecule has 0 aromatic heterocycles. The molecule has 1 saturated heterocycles. The zero-order valence-corrected chi connectivity index (χ0v) is 11.5. The SMILES string of the molecule is CC1C(=O)NCCN1Cc1cc(N)cc2c1OCOC2. The van der Waals surface area contributed by atoms with Crippen LogP contribution < -0.4 is 15.8 Å². The Balaban J connectivity index is 1.86. The Morgan fingerprint density at radius 3 is 3.20 bits per heavy atom. The van der Waals surface area contributed by atoms with Crippen LogP contribution >= 0.6 is 0 Å². The third-order valence-corrected chi connectivity index (χ3v) is 3.81. The van der Waals surface area contributed by atoms with E-state index in [1.807, 2.05) is 19.1 Å². The van der Waals surface area contributed by atoms with Crippen molar-refractivity contribution < 1.29 is 14.3 Å². The highest BCUT2D eigenvalue weighted by Crippen LogP contribution is 2.32. The lowest BCUT2D eigenvalue weighted by atomic mass is 10.1. The second-order valence-electron chi connectivity index (χ2n) is 5.22. The van der Waals surface area contributed by atoms with Crippen molar-refractivity contribution in [3.05, 3.63) is 23.3 Å². The highest BCUT2D eigenvalue weighted by Gasteiger charge is 2.27. The average Bonchev–Trinajstić information content (AvgIpc) is 2.43. The van der Waals surface area contributed by atoms with Gasteiger partial charge in [0.1, 0.15) is 5.75 Å². The van der Waals surface area contributed by atoms with Crippen molar-refractivity contribution in [2.75, 3.05) is 25.6 Å². The van der Waals surface area contributed by atoms with Gasteiger partial charge in [0, 0.05) is 36.4 Å². The van der Waals surface area contributed by atoms with Gasteiger partial charge in [-0.1, -0.05) is 0 Å². The Kier molecular flexibility index (Phi) is 3.50. The van der Waals surface area contributed by atoms with Crippen LogP contribution in [0, 0.1) is 0 Å². The van der Waals surface area contributed by atoms with E-state index in [1.54, 1.807) is 0 Å². The minimum absolute atomic E-state index is 0.0678. The molecular formula is C14H19N3O3. The van der Waals surface area contributed by atoms with Crippen molar-refractivity contribution in [1.82, 2.24) is 10.2 Å². The van der Waals surface area contributed by atoms with Gasteiger partial charge in [-0.05, 0) is 19.1 Å². The number of nitrogens with two attached hydrogens (primary N) is 1. The lowest BCUT2D eigenvalue weighted by Crippen LogP contribution is -2.53. The standard InChI is InChI=1S/C14H19N3O3/c1-9-14(18)16-2-3-17(9)6-10-4-12(15)5-11-7-19-8-20-13(10)11/h4-5,9H,2-3,6-8,15H2,1H3,(H,16,18).